The summed E-state index contributed by atoms with van der Waals surface area (Å²) in [5, 5.41) is 1.95. The first kappa shape index (κ1) is 20.5. The van der Waals surface area contributed by atoms with Crippen LogP contribution in [0.15, 0.2) is 71.7 Å². The summed E-state index contributed by atoms with van der Waals surface area (Å²) in [6.07, 6.45) is 1.47. The van der Waals surface area contributed by atoms with Crippen molar-refractivity contribution < 1.29 is 14.3 Å². The Balaban J connectivity index is 1.42. The number of benzene rings is 2. The Bertz CT molecular complexity index is 1180. The van der Waals surface area contributed by atoms with E-state index >= 15 is 0 Å². The molecule has 32 heavy (non-hydrogen) atoms. The SMILES string of the molecule is COc1ccc(CCN2C(=O)C(c3cccs3)=C(N3CCc4ccccc4C3)C2=O)cc1. The van der Waals surface area contributed by atoms with E-state index in [0.717, 1.165) is 29.2 Å². The second kappa shape index (κ2) is 8.63. The minimum absolute atomic E-state index is 0.189. The molecule has 0 fully saturated rings. The van der Waals surface area contributed by atoms with Crippen LogP contribution in [0, 0.1) is 0 Å². The van der Waals surface area contributed by atoms with Crippen LogP contribution in [-0.4, -0.2) is 41.8 Å². The van der Waals surface area contributed by atoms with E-state index in [1.54, 1.807) is 7.11 Å². The Morgan fingerprint density at radius 2 is 1.72 bits per heavy atom. The van der Waals surface area contributed by atoms with Crippen molar-refractivity contribution in [1.82, 2.24) is 9.80 Å². The van der Waals surface area contributed by atoms with E-state index in [1.165, 1.54) is 27.4 Å². The van der Waals surface area contributed by atoms with E-state index in [2.05, 4.69) is 23.1 Å². The van der Waals surface area contributed by atoms with Crippen LogP contribution >= 0.6 is 11.3 Å². The van der Waals surface area contributed by atoms with Crippen molar-refractivity contribution in [3.05, 3.63) is 93.3 Å². The highest BCUT2D eigenvalue weighted by Crippen LogP contribution is 2.36. The van der Waals surface area contributed by atoms with Crippen LogP contribution < -0.4 is 4.74 Å². The molecule has 6 heteroatoms. The Kier molecular flexibility index (Phi) is 5.53. The number of amides is 2. The number of hydrogen-bond acceptors (Lipinski definition) is 5. The van der Waals surface area contributed by atoms with Gasteiger partial charge in [-0.1, -0.05) is 42.5 Å². The zero-order chi connectivity index (χ0) is 22.1. The maximum Gasteiger partial charge on any atom is 0.277 e. The standard InChI is InChI=1S/C26H24N2O3S/c1-31-21-10-8-18(9-11-21)12-15-28-25(29)23(22-7-4-16-32-22)24(26(28)30)27-14-13-19-5-2-3-6-20(19)17-27/h2-11,16H,12-15,17H2,1H3. The molecule has 0 spiro atoms. The van der Waals surface area contributed by atoms with Gasteiger partial charge in [0, 0.05) is 24.5 Å². The summed E-state index contributed by atoms with van der Waals surface area (Å²) in [7, 11) is 1.63. The maximum atomic E-state index is 13.5. The molecule has 2 aromatic carbocycles. The Hall–Kier alpha value is -3.38. The number of nitrogens with zero attached hydrogens (tertiary/aromatic N) is 2. The summed E-state index contributed by atoms with van der Waals surface area (Å²) in [6, 6.07) is 19.9. The molecule has 0 saturated heterocycles. The highest BCUT2D eigenvalue weighted by Gasteiger charge is 2.42. The topological polar surface area (TPSA) is 49.9 Å². The Labute approximate surface area is 191 Å². The molecule has 0 bridgehead atoms. The lowest BCUT2D eigenvalue weighted by atomic mass is 9.99. The van der Waals surface area contributed by atoms with E-state index < -0.39 is 0 Å². The van der Waals surface area contributed by atoms with Crippen LogP contribution in [0.4, 0.5) is 0 Å². The Morgan fingerprint density at radius 1 is 0.938 bits per heavy atom. The fourth-order valence-corrected chi connectivity index (χ4v) is 5.19. The highest BCUT2D eigenvalue weighted by molar-refractivity contribution is 7.11. The number of rotatable bonds is 6. The quantitative estimate of drug-likeness (QED) is 0.537. The van der Waals surface area contributed by atoms with Crippen molar-refractivity contribution in [2.24, 2.45) is 0 Å². The van der Waals surface area contributed by atoms with Gasteiger partial charge in [-0.2, -0.15) is 0 Å². The predicted octanol–water partition coefficient (Wildman–Crippen LogP) is 4.14. The van der Waals surface area contributed by atoms with Crippen LogP contribution in [0.5, 0.6) is 5.75 Å². The third-order valence-corrected chi connectivity index (χ3v) is 7.03. The fourth-order valence-electron chi connectivity index (χ4n) is 4.42. The van der Waals surface area contributed by atoms with E-state index in [4.69, 9.17) is 4.74 Å². The minimum Gasteiger partial charge on any atom is -0.497 e. The van der Waals surface area contributed by atoms with E-state index in [0.29, 0.717) is 30.8 Å². The monoisotopic (exact) mass is 444 g/mol. The number of carbonyl (C=O) groups excluding carboxylic acids is 2. The number of thiophene rings is 1. The molecule has 2 amide bonds. The number of ether oxygens (including phenoxy) is 1. The lowest BCUT2D eigenvalue weighted by Gasteiger charge is -2.31. The van der Waals surface area contributed by atoms with Crippen LogP contribution in [-0.2, 0) is 29.0 Å². The van der Waals surface area contributed by atoms with Gasteiger partial charge in [0.2, 0.25) is 0 Å². The molecule has 2 aliphatic rings. The lowest BCUT2D eigenvalue weighted by molar-refractivity contribution is -0.137. The van der Waals surface area contributed by atoms with E-state index in [9.17, 15) is 9.59 Å². The maximum absolute atomic E-state index is 13.5. The second-order valence-electron chi connectivity index (χ2n) is 8.00. The van der Waals surface area contributed by atoms with Crippen molar-refractivity contribution in [3.63, 3.8) is 0 Å². The second-order valence-corrected chi connectivity index (χ2v) is 8.95. The summed E-state index contributed by atoms with van der Waals surface area (Å²) in [4.78, 5) is 31.3. The molecule has 5 rings (SSSR count). The molecule has 0 saturated carbocycles. The largest absolute Gasteiger partial charge is 0.497 e. The average Bonchev–Trinajstić information content (AvgIpc) is 3.44. The molecule has 2 aliphatic heterocycles. The van der Waals surface area contributed by atoms with Gasteiger partial charge in [-0.05, 0) is 53.1 Å². The molecule has 0 aliphatic carbocycles. The van der Waals surface area contributed by atoms with Crippen molar-refractivity contribution >= 4 is 28.7 Å². The molecule has 3 aromatic rings. The molecule has 1 aromatic heterocycles. The molecule has 0 atom stereocenters. The first-order valence-electron chi connectivity index (χ1n) is 10.7. The van der Waals surface area contributed by atoms with E-state index in [-0.39, 0.29) is 11.8 Å². The number of imide groups is 1. The van der Waals surface area contributed by atoms with Gasteiger partial charge < -0.3 is 9.64 Å². The van der Waals surface area contributed by atoms with Crippen molar-refractivity contribution in [1.29, 1.82) is 0 Å². The summed E-state index contributed by atoms with van der Waals surface area (Å²) < 4.78 is 5.21. The van der Waals surface area contributed by atoms with Gasteiger partial charge >= 0.3 is 0 Å². The van der Waals surface area contributed by atoms with Crippen molar-refractivity contribution in [2.45, 2.75) is 19.4 Å². The van der Waals surface area contributed by atoms with Crippen LogP contribution in [0.25, 0.3) is 5.57 Å². The molecule has 162 valence electrons. The zero-order valence-corrected chi connectivity index (χ0v) is 18.7. The van der Waals surface area contributed by atoms with Crippen LogP contribution in [0.1, 0.15) is 21.6 Å². The first-order valence-corrected chi connectivity index (χ1v) is 11.6. The van der Waals surface area contributed by atoms with Gasteiger partial charge in [0.05, 0.1) is 12.7 Å². The summed E-state index contributed by atoms with van der Waals surface area (Å²) in [5.74, 6) is 0.405. The van der Waals surface area contributed by atoms with Gasteiger partial charge in [0.1, 0.15) is 11.4 Å². The van der Waals surface area contributed by atoms with Gasteiger partial charge in [-0.3, -0.25) is 14.5 Å². The minimum atomic E-state index is -0.195. The van der Waals surface area contributed by atoms with Gasteiger partial charge in [-0.15, -0.1) is 11.3 Å². The third-order valence-electron chi connectivity index (χ3n) is 6.14. The van der Waals surface area contributed by atoms with Crippen molar-refractivity contribution in [3.8, 4) is 5.75 Å². The van der Waals surface area contributed by atoms with Crippen LogP contribution in [0.3, 0.4) is 0 Å². The molecule has 0 N–H and O–H groups in total. The Morgan fingerprint density at radius 3 is 2.44 bits per heavy atom. The first-order chi connectivity index (χ1) is 15.7. The number of carbonyl (C=O) groups is 2. The summed E-state index contributed by atoms with van der Waals surface area (Å²) >= 11 is 1.50. The van der Waals surface area contributed by atoms with Gasteiger partial charge in [0.25, 0.3) is 11.8 Å². The van der Waals surface area contributed by atoms with E-state index in [1.807, 2.05) is 47.8 Å². The fraction of sp³-hybridized carbons (Fsp3) is 0.231. The normalized spacial score (nSPS) is 16.0. The molecule has 5 nitrogen and oxygen atoms in total. The van der Waals surface area contributed by atoms with Crippen LogP contribution in [0.2, 0.25) is 0 Å². The van der Waals surface area contributed by atoms with Gasteiger partial charge in [0.15, 0.2) is 0 Å². The summed E-state index contributed by atoms with van der Waals surface area (Å²) in [6.45, 7) is 1.73. The molecule has 0 radical (unpaired) electrons. The third kappa shape index (κ3) is 3.71. The average molecular weight is 445 g/mol. The lowest BCUT2D eigenvalue weighted by Crippen LogP contribution is -2.38. The smallest absolute Gasteiger partial charge is 0.277 e. The number of methoxy groups -OCH3 is 1. The molecular weight excluding hydrogens is 420 g/mol. The predicted molar refractivity (Wildman–Crippen MR) is 125 cm³/mol. The number of hydrogen-bond donors (Lipinski definition) is 0. The zero-order valence-electron chi connectivity index (χ0n) is 17.9. The number of fused-ring (bicyclic) bond motifs is 1. The summed E-state index contributed by atoms with van der Waals surface area (Å²) in [5.41, 5.74) is 4.68. The highest BCUT2D eigenvalue weighted by atomic mass is 32.1. The molecular formula is C26H24N2O3S. The van der Waals surface area contributed by atoms with Crippen molar-refractivity contribution in [2.75, 3.05) is 20.2 Å². The molecule has 0 unspecified atom stereocenters. The molecule has 3 heterocycles. The van der Waals surface area contributed by atoms with Gasteiger partial charge in [-0.25, -0.2) is 0 Å².